The number of thiophene rings is 1. The molecule has 0 saturated carbocycles. The van der Waals surface area contributed by atoms with Crippen LogP contribution in [-0.2, 0) is 13.0 Å². The second kappa shape index (κ2) is 9.56. The van der Waals surface area contributed by atoms with Crippen molar-refractivity contribution in [3.05, 3.63) is 72.8 Å². The van der Waals surface area contributed by atoms with E-state index in [1.807, 2.05) is 49.6 Å². The summed E-state index contributed by atoms with van der Waals surface area (Å²) in [6.07, 6.45) is 2.07. The van der Waals surface area contributed by atoms with Gasteiger partial charge < -0.3 is 30.3 Å². The summed E-state index contributed by atoms with van der Waals surface area (Å²) in [4.78, 5) is 35.9. The van der Waals surface area contributed by atoms with Gasteiger partial charge in [0, 0.05) is 62.0 Å². The lowest BCUT2D eigenvalue weighted by Gasteiger charge is -2.24. The van der Waals surface area contributed by atoms with Crippen LogP contribution in [-0.4, -0.2) is 61.5 Å². The molecule has 0 aliphatic carbocycles. The number of benzene rings is 1. The highest BCUT2D eigenvalue weighted by atomic mass is 35.5. The number of H-pyrrole nitrogens is 1. The van der Waals surface area contributed by atoms with Crippen LogP contribution in [0.2, 0.25) is 5.02 Å². The molecule has 5 rings (SSSR count). The van der Waals surface area contributed by atoms with E-state index in [4.69, 9.17) is 11.6 Å². The number of fused-ring (bicyclic) bond motifs is 2. The van der Waals surface area contributed by atoms with E-state index in [1.54, 1.807) is 17.5 Å². The molecular formula is C25H29ClN6O2S. The van der Waals surface area contributed by atoms with Gasteiger partial charge in [0.1, 0.15) is 6.17 Å². The highest BCUT2D eigenvalue weighted by Crippen LogP contribution is 2.43. The zero-order valence-electron chi connectivity index (χ0n) is 20.0. The Labute approximate surface area is 213 Å². The Hall–Kier alpha value is -3.01. The van der Waals surface area contributed by atoms with Crippen molar-refractivity contribution in [1.29, 1.82) is 0 Å². The minimum absolute atomic E-state index is 0.0599. The molecule has 4 heterocycles. The summed E-state index contributed by atoms with van der Waals surface area (Å²) in [5.74, 6) is 0.0599. The van der Waals surface area contributed by atoms with Crippen LogP contribution in [0.1, 0.15) is 32.5 Å². The standard InChI is InChI=1S/C25H29ClN6O2S/c1-30(2)9-10-32-14-15-12-20-19(13-16(15)25(32)34)29-23(31(20)3)22-18(4-7-28-24(22)33)27-8-5-21-17(26)6-11-35-21/h4,6-7,11-13,23,29H,5,8-10,14H2,1-3H3,(H2,27,28,33). The maximum atomic E-state index is 13.0. The minimum atomic E-state index is -0.356. The normalized spacial score (nSPS) is 16.6. The third-order valence-electron chi connectivity index (χ3n) is 6.61. The number of halogens is 1. The molecule has 2 aromatic heterocycles. The van der Waals surface area contributed by atoms with Gasteiger partial charge in [0.2, 0.25) is 0 Å². The number of nitrogens with one attached hydrogen (secondary N) is 3. The molecule has 1 amide bonds. The molecule has 0 spiro atoms. The average Bonchev–Trinajstić information content (AvgIpc) is 3.47. The number of carbonyl (C=O) groups excluding carboxylic acids is 1. The van der Waals surface area contributed by atoms with Gasteiger partial charge in [-0.3, -0.25) is 9.59 Å². The Bertz CT molecular complexity index is 1320. The van der Waals surface area contributed by atoms with Gasteiger partial charge in [-0.25, -0.2) is 0 Å². The van der Waals surface area contributed by atoms with Crippen LogP contribution in [0.5, 0.6) is 0 Å². The quantitative estimate of drug-likeness (QED) is 0.425. The molecule has 0 radical (unpaired) electrons. The topological polar surface area (TPSA) is 83.7 Å². The van der Waals surface area contributed by atoms with Crippen LogP contribution in [0.25, 0.3) is 0 Å². The zero-order chi connectivity index (χ0) is 24.7. The molecule has 3 aromatic rings. The first kappa shape index (κ1) is 23.7. The summed E-state index contributed by atoms with van der Waals surface area (Å²) >= 11 is 7.86. The number of aromatic amines is 1. The van der Waals surface area contributed by atoms with Crippen molar-refractivity contribution < 1.29 is 4.79 Å². The Balaban J connectivity index is 1.36. The summed E-state index contributed by atoms with van der Waals surface area (Å²) in [5.41, 5.74) is 4.83. The molecule has 3 N–H and O–H groups in total. The fraction of sp³-hybridized carbons (Fsp3) is 0.360. The Morgan fingerprint density at radius 1 is 1.26 bits per heavy atom. The molecule has 2 aliphatic rings. The lowest BCUT2D eigenvalue weighted by Crippen LogP contribution is -2.32. The van der Waals surface area contributed by atoms with Crippen molar-refractivity contribution in [1.82, 2.24) is 14.8 Å². The first-order valence-corrected chi connectivity index (χ1v) is 12.9. The molecule has 1 atom stereocenters. The number of anilines is 3. The molecule has 1 unspecified atom stereocenters. The number of nitrogens with zero attached hydrogens (tertiary/aromatic N) is 3. The van der Waals surface area contributed by atoms with Gasteiger partial charge in [0.25, 0.3) is 11.5 Å². The van der Waals surface area contributed by atoms with Crippen molar-refractivity contribution in [2.24, 2.45) is 0 Å². The van der Waals surface area contributed by atoms with Gasteiger partial charge >= 0.3 is 0 Å². The van der Waals surface area contributed by atoms with E-state index in [0.29, 0.717) is 25.2 Å². The van der Waals surface area contributed by atoms with E-state index in [-0.39, 0.29) is 17.6 Å². The maximum absolute atomic E-state index is 13.0. The Morgan fingerprint density at radius 3 is 2.83 bits per heavy atom. The van der Waals surface area contributed by atoms with E-state index in [0.717, 1.165) is 51.1 Å². The number of carbonyl (C=O) groups is 1. The molecule has 0 saturated heterocycles. The lowest BCUT2D eigenvalue weighted by atomic mass is 10.1. The van der Waals surface area contributed by atoms with Crippen LogP contribution >= 0.6 is 22.9 Å². The van der Waals surface area contributed by atoms with Crippen molar-refractivity contribution in [2.45, 2.75) is 19.1 Å². The first-order chi connectivity index (χ1) is 16.8. The highest BCUT2D eigenvalue weighted by molar-refractivity contribution is 7.10. The summed E-state index contributed by atoms with van der Waals surface area (Å²) in [6.45, 7) is 2.79. The molecule has 10 heteroatoms. The molecule has 0 fully saturated rings. The van der Waals surface area contributed by atoms with Gasteiger partial charge in [-0.05, 0) is 49.3 Å². The van der Waals surface area contributed by atoms with Crippen LogP contribution < -0.4 is 21.1 Å². The van der Waals surface area contributed by atoms with Gasteiger partial charge in [-0.2, -0.15) is 0 Å². The first-order valence-electron chi connectivity index (χ1n) is 11.6. The third-order valence-corrected chi connectivity index (χ3v) is 8.06. The van der Waals surface area contributed by atoms with E-state index >= 15 is 0 Å². The predicted octanol–water partition coefficient (Wildman–Crippen LogP) is 3.82. The van der Waals surface area contributed by atoms with Crippen LogP contribution in [0.4, 0.5) is 17.1 Å². The van der Waals surface area contributed by atoms with Crippen molar-refractivity contribution in [3.63, 3.8) is 0 Å². The number of pyridine rings is 1. The third kappa shape index (κ3) is 4.51. The lowest BCUT2D eigenvalue weighted by molar-refractivity contribution is 0.0768. The van der Waals surface area contributed by atoms with Crippen molar-refractivity contribution in [3.8, 4) is 0 Å². The molecule has 1 aromatic carbocycles. The van der Waals surface area contributed by atoms with E-state index in [9.17, 15) is 9.59 Å². The van der Waals surface area contributed by atoms with Crippen molar-refractivity contribution >= 4 is 45.9 Å². The predicted molar refractivity (Wildman–Crippen MR) is 143 cm³/mol. The van der Waals surface area contributed by atoms with Crippen LogP contribution in [0.15, 0.2) is 40.6 Å². The number of aromatic nitrogens is 1. The average molecular weight is 513 g/mol. The number of rotatable bonds is 8. The number of likely N-dealkylation sites (N-methyl/N-ethyl adjacent to an activating group) is 1. The highest BCUT2D eigenvalue weighted by Gasteiger charge is 2.35. The fourth-order valence-corrected chi connectivity index (χ4v) is 5.83. The Kier molecular flexibility index (Phi) is 6.48. The summed E-state index contributed by atoms with van der Waals surface area (Å²) in [6, 6.07) is 7.80. The van der Waals surface area contributed by atoms with Crippen molar-refractivity contribution in [2.75, 3.05) is 56.3 Å². The molecule has 2 aliphatic heterocycles. The minimum Gasteiger partial charge on any atom is -0.384 e. The van der Waals surface area contributed by atoms with Gasteiger partial charge in [0.05, 0.1) is 22.0 Å². The van der Waals surface area contributed by atoms with E-state index in [2.05, 4.69) is 31.5 Å². The maximum Gasteiger partial charge on any atom is 0.257 e. The second-order valence-electron chi connectivity index (χ2n) is 9.22. The summed E-state index contributed by atoms with van der Waals surface area (Å²) < 4.78 is 0. The SMILES string of the molecule is CN(C)CCN1Cc2cc3c(cc2C1=O)NC(c1c(NCCc2sccc2Cl)cc[nH]c1=O)N3C. The monoisotopic (exact) mass is 512 g/mol. The number of amides is 1. The molecule has 8 nitrogen and oxygen atoms in total. The smallest absolute Gasteiger partial charge is 0.257 e. The second-order valence-corrected chi connectivity index (χ2v) is 10.6. The van der Waals surface area contributed by atoms with Gasteiger partial charge in [0.15, 0.2) is 0 Å². The van der Waals surface area contributed by atoms with Crippen LogP contribution in [0, 0.1) is 0 Å². The summed E-state index contributed by atoms with van der Waals surface area (Å²) in [7, 11) is 5.98. The van der Waals surface area contributed by atoms with Crippen LogP contribution in [0.3, 0.4) is 0 Å². The molecule has 35 heavy (non-hydrogen) atoms. The fourth-order valence-electron chi connectivity index (χ4n) is 4.70. The van der Waals surface area contributed by atoms with E-state index < -0.39 is 0 Å². The number of hydrogen-bond acceptors (Lipinski definition) is 7. The van der Waals surface area contributed by atoms with Gasteiger partial charge in [-0.1, -0.05) is 11.6 Å². The Morgan fingerprint density at radius 2 is 2.09 bits per heavy atom. The number of hydrogen-bond donors (Lipinski definition) is 3. The zero-order valence-corrected chi connectivity index (χ0v) is 21.6. The summed E-state index contributed by atoms with van der Waals surface area (Å²) in [5, 5.41) is 9.66. The van der Waals surface area contributed by atoms with Gasteiger partial charge in [-0.15, -0.1) is 11.3 Å². The van der Waals surface area contributed by atoms with E-state index in [1.165, 1.54) is 0 Å². The molecule has 0 bridgehead atoms. The molecule has 184 valence electrons. The largest absolute Gasteiger partial charge is 0.384 e. The molecular weight excluding hydrogens is 484 g/mol.